The highest BCUT2D eigenvalue weighted by Gasteiger charge is 2.41. The number of methoxy groups -OCH3 is 1. The Morgan fingerprint density at radius 1 is 1.50 bits per heavy atom. The first-order valence-electron chi connectivity index (χ1n) is 2.54. The number of rotatable bonds is 1. The summed E-state index contributed by atoms with van der Waals surface area (Å²) in [6, 6.07) is 0. The molecular formula is C5H7F3O2. The van der Waals surface area contributed by atoms with Gasteiger partial charge in [0.2, 0.25) is 0 Å². The molecule has 0 aliphatic heterocycles. The van der Waals surface area contributed by atoms with Gasteiger partial charge in [-0.05, 0) is 6.92 Å². The maximum Gasteiger partial charge on any atom is 0.401 e. The van der Waals surface area contributed by atoms with E-state index in [1.165, 1.54) is 0 Å². The van der Waals surface area contributed by atoms with Gasteiger partial charge in [0.1, 0.15) is 5.92 Å². The lowest BCUT2D eigenvalue weighted by Gasteiger charge is -2.11. The monoisotopic (exact) mass is 156 g/mol. The molecular weight excluding hydrogens is 149 g/mol. The summed E-state index contributed by atoms with van der Waals surface area (Å²) in [7, 11) is 0.921. The molecule has 1 atom stereocenters. The molecule has 0 fully saturated rings. The maximum absolute atomic E-state index is 11.6. The van der Waals surface area contributed by atoms with E-state index in [-0.39, 0.29) is 0 Å². The van der Waals surface area contributed by atoms with E-state index >= 15 is 0 Å². The molecule has 0 aromatic heterocycles. The highest BCUT2D eigenvalue weighted by atomic mass is 19.4. The molecule has 0 aromatic carbocycles. The van der Waals surface area contributed by atoms with Gasteiger partial charge in [0.05, 0.1) is 7.11 Å². The Morgan fingerprint density at radius 2 is 1.90 bits per heavy atom. The summed E-state index contributed by atoms with van der Waals surface area (Å²) in [5.74, 6) is -3.29. The zero-order chi connectivity index (χ0) is 8.36. The predicted octanol–water partition coefficient (Wildman–Crippen LogP) is 1.36. The lowest BCUT2D eigenvalue weighted by Crippen LogP contribution is -2.28. The van der Waals surface area contributed by atoms with E-state index in [1.807, 2.05) is 0 Å². The van der Waals surface area contributed by atoms with Crippen LogP contribution in [0.25, 0.3) is 0 Å². The highest BCUT2D eigenvalue weighted by molar-refractivity contribution is 5.72. The van der Waals surface area contributed by atoms with Crippen LogP contribution < -0.4 is 0 Å². The summed E-state index contributed by atoms with van der Waals surface area (Å²) in [5, 5.41) is 0. The second-order valence-corrected chi connectivity index (χ2v) is 1.79. The van der Waals surface area contributed by atoms with Crippen LogP contribution in [0.5, 0.6) is 0 Å². The van der Waals surface area contributed by atoms with Crippen LogP contribution in [0.4, 0.5) is 13.2 Å². The molecule has 0 aromatic rings. The minimum atomic E-state index is -4.49. The number of alkyl halides is 3. The molecule has 60 valence electrons. The Hall–Kier alpha value is -0.740. The molecule has 0 radical (unpaired) electrons. The topological polar surface area (TPSA) is 26.3 Å². The lowest BCUT2D eigenvalue weighted by atomic mass is 10.2. The first-order valence-corrected chi connectivity index (χ1v) is 2.54. The van der Waals surface area contributed by atoms with E-state index in [0.29, 0.717) is 0 Å². The molecule has 0 aliphatic rings. The van der Waals surface area contributed by atoms with Gasteiger partial charge >= 0.3 is 12.1 Å². The third kappa shape index (κ3) is 2.24. The zero-order valence-corrected chi connectivity index (χ0v) is 5.53. The first kappa shape index (κ1) is 9.26. The van der Waals surface area contributed by atoms with Crippen molar-refractivity contribution in [3.8, 4) is 0 Å². The van der Waals surface area contributed by atoms with Gasteiger partial charge in [0, 0.05) is 0 Å². The summed E-state index contributed by atoms with van der Waals surface area (Å²) in [6.45, 7) is 0.756. The Balaban J connectivity index is 4.08. The number of esters is 1. The fourth-order valence-electron chi connectivity index (χ4n) is 0.310. The summed E-state index contributed by atoms with van der Waals surface area (Å²) in [5.41, 5.74) is 0. The van der Waals surface area contributed by atoms with Crippen molar-refractivity contribution >= 4 is 5.97 Å². The molecule has 5 heteroatoms. The molecule has 2 nitrogen and oxygen atoms in total. The van der Waals surface area contributed by atoms with Crippen LogP contribution in [0.2, 0.25) is 0 Å². The largest absolute Gasteiger partial charge is 0.469 e. The Bertz CT molecular complexity index is 129. The average molecular weight is 156 g/mol. The minimum Gasteiger partial charge on any atom is -0.469 e. The number of hydrogen-bond donors (Lipinski definition) is 0. The Labute approximate surface area is 56.0 Å². The van der Waals surface area contributed by atoms with Gasteiger partial charge in [0.15, 0.2) is 0 Å². The SMILES string of the molecule is COC(=O)[C@H](C)C(F)(F)F. The normalized spacial score (nSPS) is 14.5. The third-order valence-electron chi connectivity index (χ3n) is 1.05. The fraction of sp³-hybridized carbons (Fsp3) is 0.800. The Kier molecular flexibility index (Phi) is 2.68. The van der Waals surface area contributed by atoms with Gasteiger partial charge in [-0.25, -0.2) is 0 Å². The van der Waals surface area contributed by atoms with Crippen LogP contribution in [-0.4, -0.2) is 19.3 Å². The molecule has 0 saturated heterocycles. The van der Waals surface area contributed by atoms with Gasteiger partial charge in [-0.15, -0.1) is 0 Å². The van der Waals surface area contributed by atoms with E-state index in [0.717, 1.165) is 14.0 Å². The molecule has 10 heavy (non-hydrogen) atoms. The van der Waals surface area contributed by atoms with E-state index in [1.54, 1.807) is 0 Å². The van der Waals surface area contributed by atoms with E-state index in [9.17, 15) is 18.0 Å². The van der Waals surface area contributed by atoms with Crippen LogP contribution in [0.1, 0.15) is 6.92 Å². The van der Waals surface area contributed by atoms with Crippen molar-refractivity contribution in [3.63, 3.8) is 0 Å². The molecule has 0 N–H and O–H groups in total. The minimum absolute atomic E-state index is 0.756. The second-order valence-electron chi connectivity index (χ2n) is 1.79. The molecule has 0 aliphatic carbocycles. The van der Waals surface area contributed by atoms with Crippen LogP contribution in [-0.2, 0) is 9.53 Å². The van der Waals surface area contributed by atoms with Crippen molar-refractivity contribution < 1.29 is 22.7 Å². The van der Waals surface area contributed by atoms with Crippen molar-refractivity contribution in [2.75, 3.05) is 7.11 Å². The number of hydrogen-bond acceptors (Lipinski definition) is 2. The van der Waals surface area contributed by atoms with Gasteiger partial charge in [-0.2, -0.15) is 13.2 Å². The molecule has 0 heterocycles. The predicted molar refractivity (Wildman–Crippen MR) is 27.2 cm³/mol. The fourth-order valence-corrected chi connectivity index (χ4v) is 0.310. The van der Waals surface area contributed by atoms with Crippen molar-refractivity contribution in [2.45, 2.75) is 13.1 Å². The molecule has 0 unspecified atom stereocenters. The molecule has 0 bridgehead atoms. The van der Waals surface area contributed by atoms with Crippen LogP contribution in [0, 0.1) is 5.92 Å². The average Bonchev–Trinajstić information content (AvgIpc) is 1.83. The van der Waals surface area contributed by atoms with Gasteiger partial charge < -0.3 is 4.74 Å². The van der Waals surface area contributed by atoms with Gasteiger partial charge in [0.25, 0.3) is 0 Å². The lowest BCUT2D eigenvalue weighted by molar-refractivity contribution is -0.192. The van der Waals surface area contributed by atoms with Crippen molar-refractivity contribution in [3.05, 3.63) is 0 Å². The summed E-state index contributed by atoms with van der Waals surface area (Å²) < 4.78 is 38.6. The summed E-state index contributed by atoms with van der Waals surface area (Å²) in [4.78, 5) is 10.2. The van der Waals surface area contributed by atoms with Crippen molar-refractivity contribution in [1.82, 2.24) is 0 Å². The molecule has 0 spiro atoms. The quantitative estimate of drug-likeness (QED) is 0.536. The van der Waals surface area contributed by atoms with Crippen LogP contribution in [0.15, 0.2) is 0 Å². The summed E-state index contributed by atoms with van der Waals surface area (Å²) in [6.07, 6.45) is -4.49. The van der Waals surface area contributed by atoms with Crippen molar-refractivity contribution in [1.29, 1.82) is 0 Å². The number of carbonyl (C=O) groups is 1. The van der Waals surface area contributed by atoms with Crippen LogP contribution in [0.3, 0.4) is 0 Å². The second kappa shape index (κ2) is 2.90. The number of halogens is 3. The molecule has 0 saturated carbocycles. The number of ether oxygens (including phenoxy) is 1. The standard InChI is InChI=1S/C5H7F3O2/c1-3(4(9)10-2)5(6,7)8/h3H,1-2H3/t3-/m0/s1. The molecule has 0 rings (SSSR count). The third-order valence-corrected chi connectivity index (χ3v) is 1.05. The van der Waals surface area contributed by atoms with Crippen LogP contribution >= 0.6 is 0 Å². The zero-order valence-electron chi connectivity index (χ0n) is 5.53. The maximum atomic E-state index is 11.6. The van der Waals surface area contributed by atoms with E-state index in [2.05, 4.69) is 4.74 Å². The van der Waals surface area contributed by atoms with Gasteiger partial charge in [-0.3, -0.25) is 4.79 Å². The first-order chi connectivity index (χ1) is 4.39. The Morgan fingerprint density at radius 3 is 2.00 bits per heavy atom. The number of carbonyl (C=O) groups excluding carboxylic acids is 1. The smallest absolute Gasteiger partial charge is 0.401 e. The van der Waals surface area contributed by atoms with E-state index in [4.69, 9.17) is 0 Å². The highest BCUT2D eigenvalue weighted by Crippen LogP contribution is 2.26. The molecule has 0 amide bonds. The van der Waals surface area contributed by atoms with E-state index < -0.39 is 18.1 Å². The van der Waals surface area contributed by atoms with Gasteiger partial charge in [-0.1, -0.05) is 0 Å². The summed E-state index contributed by atoms with van der Waals surface area (Å²) >= 11 is 0. The van der Waals surface area contributed by atoms with Crippen molar-refractivity contribution in [2.24, 2.45) is 5.92 Å².